The first-order valence-electron chi connectivity index (χ1n) is 5.06. The summed E-state index contributed by atoms with van der Waals surface area (Å²) in [6.45, 7) is 3.12. The average molecular weight is 243 g/mol. The zero-order valence-corrected chi connectivity index (χ0v) is 10.1. The molecule has 1 aromatic carbocycles. The van der Waals surface area contributed by atoms with Crippen molar-refractivity contribution in [3.63, 3.8) is 0 Å². The number of hydrogen-bond acceptors (Lipinski definition) is 3. The molecule has 0 heterocycles. The van der Waals surface area contributed by atoms with Gasteiger partial charge >= 0.3 is 5.97 Å². The molecule has 0 spiro atoms. The molecular formula is C12H15ClO3. The standard InChI is InChI=1S/C12H15ClO3/c1-9(14)8-11(15)16-12(2,13)10-6-4-3-5-7-10/h3-7,9,14H,8H2,1-2H3. The lowest BCUT2D eigenvalue weighted by Gasteiger charge is -2.23. The van der Waals surface area contributed by atoms with Crippen LogP contribution in [0.15, 0.2) is 30.3 Å². The van der Waals surface area contributed by atoms with Gasteiger partial charge in [0.25, 0.3) is 0 Å². The maximum Gasteiger partial charge on any atom is 0.310 e. The molecule has 0 amide bonds. The van der Waals surface area contributed by atoms with E-state index in [2.05, 4.69) is 0 Å². The predicted molar refractivity (Wildman–Crippen MR) is 62.0 cm³/mol. The molecule has 0 aliphatic heterocycles. The Morgan fingerprint density at radius 1 is 1.50 bits per heavy atom. The Hall–Kier alpha value is -1.06. The highest BCUT2D eigenvalue weighted by Gasteiger charge is 2.28. The summed E-state index contributed by atoms with van der Waals surface area (Å²) in [5.41, 5.74) is 0.704. The Labute approximate surface area is 100.0 Å². The van der Waals surface area contributed by atoms with Crippen LogP contribution in [0.2, 0.25) is 0 Å². The molecule has 2 unspecified atom stereocenters. The second-order valence-electron chi connectivity index (χ2n) is 3.81. The van der Waals surface area contributed by atoms with Gasteiger partial charge in [-0.25, -0.2) is 0 Å². The first-order valence-corrected chi connectivity index (χ1v) is 5.44. The Balaban J connectivity index is 2.69. The van der Waals surface area contributed by atoms with Crippen LogP contribution in [0.5, 0.6) is 0 Å². The SMILES string of the molecule is CC(O)CC(=O)OC(C)(Cl)c1ccccc1. The van der Waals surface area contributed by atoms with Gasteiger partial charge in [0.2, 0.25) is 5.06 Å². The molecule has 16 heavy (non-hydrogen) atoms. The van der Waals surface area contributed by atoms with Crippen LogP contribution < -0.4 is 0 Å². The normalized spacial score (nSPS) is 16.2. The van der Waals surface area contributed by atoms with Crippen molar-refractivity contribution in [2.75, 3.05) is 0 Å². The summed E-state index contributed by atoms with van der Waals surface area (Å²) in [7, 11) is 0. The molecular weight excluding hydrogens is 228 g/mol. The molecule has 0 radical (unpaired) electrons. The molecule has 3 nitrogen and oxygen atoms in total. The number of halogens is 1. The summed E-state index contributed by atoms with van der Waals surface area (Å²) >= 11 is 6.12. The van der Waals surface area contributed by atoms with Crippen molar-refractivity contribution in [1.29, 1.82) is 0 Å². The van der Waals surface area contributed by atoms with Gasteiger partial charge in [0.1, 0.15) is 0 Å². The van der Waals surface area contributed by atoms with Gasteiger partial charge in [-0.3, -0.25) is 4.79 Å². The third-order valence-electron chi connectivity index (χ3n) is 2.06. The fourth-order valence-electron chi connectivity index (χ4n) is 1.29. The van der Waals surface area contributed by atoms with Gasteiger partial charge in [-0.1, -0.05) is 41.9 Å². The Morgan fingerprint density at radius 3 is 2.56 bits per heavy atom. The van der Waals surface area contributed by atoms with Crippen molar-refractivity contribution in [1.82, 2.24) is 0 Å². The van der Waals surface area contributed by atoms with Crippen LogP contribution in [-0.2, 0) is 14.6 Å². The molecule has 1 N–H and O–H groups in total. The van der Waals surface area contributed by atoms with Gasteiger partial charge < -0.3 is 9.84 Å². The Bertz CT molecular complexity index is 347. The van der Waals surface area contributed by atoms with Crippen molar-refractivity contribution < 1.29 is 14.6 Å². The van der Waals surface area contributed by atoms with E-state index < -0.39 is 17.1 Å². The number of carbonyl (C=O) groups excluding carboxylic acids is 1. The molecule has 0 saturated heterocycles. The van der Waals surface area contributed by atoms with Gasteiger partial charge in [-0.2, -0.15) is 0 Å². The number of rotatable bonds is 4. The lowest BCUT2D eigenvalue weighted by atomic mass is 10.1. The second kappa shape index (κ2) is 5.32. The number of carbonyl (C=O) groups is 1. The molecule has 2 atom stereocenters. The Kier molecular flexibility index (Phi) is 4.33. The number of esters is 1. The van der Waals surface area contributed by atoms with Gasteiger partial charge in [0, 0.05) is 5.56 Å². The molecule has 0 aliphatic rings. The molecule has 0 aliphatic carbocycles. The minimum Gasteiger partial charge on any atom is -0.439 e. The van der Waals surface area contributed by atoms with Crippen LogP contribution in [0.4, 0.5) is 0 Å². The molecule has 0 aromatic heterocycles. The smallest absolute Gasteiger partial charge is 0.310 e. The van der Waals surface area contributed by atoms with Gasteiger partial charge in [-0.15, -0.1) is 0 Å². The number of alkyl halides is 1. The number of aliphatic hydroxyl groups is 1. The zero-order valence-electron chi connectivity index (χ0n) is 9.31. The topological polar surface area (TPSA) is 46.5 Å². The summed E-state index contributed by atoms with van der Waals surface area (Å²) in [6, 6.07) is 9.05. The maximum absolute atomic E-state index is 11.4. The molecule has 0 bridgehead atoms. The third-order valence-corrected chi connectivity index (χ3v) is 2.35. The van der Waals surface area contributed by atoms with Gasteiger partial charge in [0.15, 0.2) is 0 Å². The molecule has 88 valence electrons. The van der Waals surface area contributed by atoms with Crippen LogP contribution in [0.3, 0.4) is 0 Å². The number of benzene rings is 1. The van der Waals surface area contributed by atoms with Crippen molar-refractivity contribution >= 4 is 17.6 Å². The van der Waals surface area contributed by atoms with Crippen LogP contribution in [0.25, 0.3) is 0 Å². The molecule has 4 heteroatoms. The molecule has 0 saturated carbocycles. The fraction of sp³-hybridized carbons (Fsp3) is 0.417. The first-order chi connectivity index (χ1) is 7.42. The number of ether oxygens (including phenoxy) is 1. The third kappa shape index (κ3) is 3.83. The van der Waals surface area contributed by atoms with Crippen molar-refractivity contribution in [2.24, 2.45) is 0 Å². The van der Waals surface area contributed by atoms with Crippen molar-refractivity contribution in [3.05, 3.63) is 35.9 Å². The predicted octanol–water partition coefficient (Wildman–Crippen LogP) is 2.41. The monoisotopic (exact) mass is 242 g/mol. The highest BCUT2D eigenvalue weighted by molar-refractivity contribution is 6.23. The van der Waals surface area contributed by atoms with Crippen molar-refractivity contribution in [3.8, 4) is 0 Å². The summed E-state index contributed by atoms with van der Waals surface area (Å²) in [5.74, 6) is -0.517. The van der Waals surface area contributed by atoms with Crippen LogP contribution in [-0.4, -0.2) is 17.2 Å². The lowest BCUT2D eigenvalue weighted by Crippen LogP contribution is -2.24. The molecule has 1 aromatic rings. The minimum absolute atomic E-state index is 0.0604. The number of aliphatic hydroxyl groups excluding tert-OH is 1. The quantitative estimate of drug-likeness (QED) is 0.652. The number of hydrogen-bond donors (Lipinski definition) is 1. The van der Waals surface area contributed by atoms with Gasteiger partial charge in [-0.05, 0) is 13.8 Å². The summed E-state index contributed by atoms with van der Waals surface area (Å²) in [6.07, 6.45) is -0.787. The first kappa shape index (κ1) is 13.0. The van der Waals surface area contributed by atoms with E-state index >= 15 is 0 Å². The molecule has 0 fully saturated rings. The van der Waals surface area contributed by atoms with E-state index in [1.165, 1.54) is 6.92 Å². The van der Waals surface area contributed by atoms with E-state index in [1.807, 2.05) is 18.2 Å². The van der Waals surface area contributed by atoms with E-state index in [-0.39, 0.29) is 6.42 Å². The van der Waals surface area contributed by atoms with Crippen molar-refractivity contribution in [2.45, 2.75) is 31.4 Å². The average Bonchev–Trinajstić information content (AvgIpc) is 2.16. The van der Waals surface area contributed by atoms with E-state index in [0.717, 1.165) is 0 Å². The highest BCUT2D eigenvalue weighted by Crippen LogP contribution is 2.30. The van der Waals surface area contributed by atoms with E-state index in [1.54, 1.807) is 19.1 Å². The van der Waals surface area contributed by atoms with E-state index in [0.29, 0.717) is 5.56 Å². The Morgan fingerprint density at radius 2 is 2.06 bits per heavy atom. The minimum atomic E-state index is -1.19. The summed E-state index contributed by atoms with van der Waals surface area (Å²) in [5, 5.41) is 7.86. The van der Waals surface area contributed by atoms with Crippen LogP contribution in [0, 0.1) is 0 Å². The van der Waals surface area contributed by atoms with Crippen LogP contribution in [0.1, 0.15) is 25.8 Å². The summed E-state index contributed by atoms with van der Waals surface area (Å²) < 4.78 is 5.10. The van der Waals surface area contributed by atoms with Crippen LogP contribution >= 0.6 is 11.6 Å². The lowest BCUT2D eigenvalue weighted by molar-refractivity contribution is -0.153. The maximum atomic E-state index is 11.4. The summed E-state index contributed by atoms with van der Waals surface area (Å²) in [4.78, 5) is 11.4. The second-order valence-corrected chi connectivity index (χ2v) is 4.53. The van der Waals surface area contributed by atoms with E-state index in [4.69, 9.17) is 21.4 Å². The van der Waals surface area contributed by atoms with E-state index in [9.17, 15) is 4.79 Å². The highest BCUT2D eigenvalue weighted by atomic mass is 35.5. The largest absolute Gasteiger partial charge is 0.439 e. The fourth-order valence-corrected chi connectivity index (χ4v) is 1.50. The molecule has 1 rings (SSSR count). The zero-order chi connectivity index (χ0) is 12.2. The van der Waals surface area contributed by atoms with Gasteiger partial charge in [0.05, 0.1) is 12.5 Å².